The van der Waals surface area contributed by atoms with Crippen molar-refractivity contribution in [3.8, 4) is 5.75 Å². The average Bonchev–Trinajstić information content (AvgIpc) is 2.67. The van der Waals surface area contributed by atoms with Crippen LogP contribution in [0.15, 0.2) is 48.5 Å². The van der Waals surface area contributed by atoms with E-state index in [9.17, 15) is 9.50 Å². The van der Waals surface area contributed by atoms with E-state index in [-0.39, 0.29) is 16.8 Å². The number of rotatable bonds is 7. The van der Waals surface area contributed by atoms with E-state index in [4.69, 9.17) is 4.74 Å². The summed E-state index contributed by atoms with van der Waals surface area (Å²) in [4.78, 5) is 0. The van der Waals surface area contributed by atoms with Gasteiger partial charge in [-0.05, 0) is 62.9 Å². The van der Waals surface area contributed by atoms with Crippen LogP contribution in [-0.2, 0) is 16.7 Å². The smallest absolute Gasteiger partial charge is 0.123 e. The topological polar surface area (TPSA) is 41.5 Å². The van der Waals surface area contributed by atoms with E-state index < -0.39 is 0 Å². The van der Waals surface area contributed by atoms with Gasteiger partial charge in [-0.2, -0.15) is 0 Å². The summed E-state index contributed by atoms with van der Waals surface area (Å²) >= 11 is 0. The van der Waals surface area contributed by atoms with Gasteiger partial charge >= 0.3 is 0 Å². The quantitative estimate of drug-likeness (QED) is 0.678. The van der Waals surface area contributed by atoms with Crippen LogP contribution in [-0.4, -0.2) is 23.9 Å². The van der Waals surface area contributed by atoms with E-state index in [2.05, 4.69) is 19.2 Å². The largest absolute Gasteiger partial charge is 0.508 e. The van der Waals surface area contributed by atoms with Crippen molar-refractivity contribution in [3.05, 3.63) is 65.5 Å². The molecule has 1 aliphatic heterocycles. The minimum Gasteiger partial charge on any atom is -0.508 e. The summed E-state index contributed by atoms with van der Waals surface area (Å²) in [6, 6.07) is 14.4. The molecule has 1 aliphatic rings. The van der Waals surface area contributed by atoms with Gasteiger partial charge in [0.2, 0.25) is 0 Å². The Balaban J connectivity index is 1.72. The van der Waals surface area contributed by atoms with Crippen LogP contribution in [0.4, 0.5) is 4.39 Å². The Morgan fingerprint density at radius 1 is 1.15 bits per heavy atom. The molecule has 0 spiro atoms. The molecular formula is C23H30FNO2. The first-order chi connectivity index (χ1) is 13.0. The van der Waals surface area contributed by atoms with Crippen molar-refractivity contribution in [3.63, 3.8) is 0 Å². The summed E-state index contributed by atoms with van der Waals surface area (Å²) in [7, 11) is 0. The van der Waals surface area contributed by atoms with Gasteiger partial charge in [-0.3, -0.25) is 0 Å². The van der Waals surface area contributed by atoms with Crippen LogP contribution in [0.25, 0.3) is 0 Å². The van der Waals surface area contributed by atoms with Crippen molar-refractivity contribution in [2.75, 3.05) is 13.2 Å². The molecule has 2 N–H and O–H groups in total. The summed E-state index contributed by atoms with van der Waals surface area (Å²) in [5, 5.41) is 13.4. The molecule has 3 rings (SSSR count). The predicted octanol–water partition coefficient (Wildman–Crippen LogP) is 4.93. The molecule has 1 heterocycles. The molecule has 0 saturated carbocycles. The van der Waals surface area contributed by atoms with Crippen molar-refractivity contribution in [2.45, 2.75) is 57.1 Å². The minimum atomic E-state index is -0.197. The lowest BCUT2D eigenvalue weighted by molar-refractivity contribution is -0.0979. The number of para-hydroxylation sites is 1. The van der Waals surface area contributed by atoms with E-state index in [0.29, 0.717) is 12.3 Å². The first kappa shape index (κ1) is 19.8. The van der Waals surface area contributed by atoms with E-state index in [1.54, 1.807) is 18.2 Å². The summed E-state index contributed by atoms with van der Waals surface area (Å²) in [5.41, 5.74) is 1.92. The maximum absolute atomic E-state index is 13.5. The maximum atomic E-state index is 13.5. The van der Waals surface area contributed by atoms with Crippen molar-refractivity contribution >= 4 is 0 Å². The lowest BCUT2D eigenvalue weighted by atomic mass is 9.66. The third-order valence-corrected chi connectivity index (χ3v) is 6.04. The van der Waals surface area contributed by atoms with Gasteiger partial charge in [0.05, 0.1) is 5.60 Å². The van der Waals surface area contributed by atoms with Gasteiger partial charge in [0.1, 0.15) is 11.6 Å². The van der Waals surface area contributed by atoms with Gasteiger partial charge in [-0.1, -0.05) is 37.3 Å². The molecule has 1 saturated heterocycles. The highest BCUT2D eigenvalue weighted by Gasteiger charge is 2.43. The van der Waals surface area contributed by atoms with Crippen LogP contribution in [0, 0.1) is 5.82 Å². The second-order valence-electron chi connectivity index (χ2n) is 7.92. The van der Waals surface area contributed by atoms with Gasteiger partial charge in [0, 0.05) is 24.1 Å². The fourth-order valence-corrected chi connectivity index (χ4v) is 4.19. The molecule has 146 valence electrons. The predicted molar refractivity (Wildman–Crippen MR) is 106 cm³/mol. The highest BCUT2D eigenvalue weighted by Crippen LogP contribution is 2.45. The monoisotopic (exact) mass is 371 g/mol. The summed E-state index contributed by atoms with van der Waals surface area (Å²) < 4.78 is 19.5. The lowest BCUT2D eigenvalue weighted by Crippen LogP contribution is -2.46. The molecule has 2 aromatic carbocycles. The molecule has 2 aromatic rings. The van der Waals surface area contributed by atoms with Crippen molar-refractivity contribution in [1.82, 2.24) is 5.32 Å². The number of halogens is 1. The first-order valence-corrected chi connectivity index (χ1v) is 9.84. The van der Waals surface area contributed by atoms with Gasteiger partial charge < -0.3 is 15.2 Å². The Bertz CT molecular complexity index is 748. The second kappa shape index (κ2) is 8.41. The Kier molecular flexibility index (Phi) is 6.18. The van der Waals surface area contributed by atoms with Crippen LogP contribution in [0.3, 0.4) is 0 Å². The number of hydrogen-bond donors (Lipinski definition) is 2. The van der Waals surface area contributed by atoms with E-state index >= 15 is 0 Å². The minimum absolute atomic E-state index is 0.0254. The summed E-state index contributed by atoms with van der Waals surface area (Å²) in [6.07, 6.45) is 3.78. The number of nitrogens with one attached hydrogen (secondary N) is 1. The molecule has 4 heteroatoms. The zero-order chi connectivity index (χ0) is 19.3. The zero-order valence-corrected chi connectivity index (χ0v) is 16.3. The van der Waals surface area contributed by atoms with Gasteiger partial charge in [-0.15, -0.1) is 0 Å². The van der Waals surface area contributed by atoms with Crippen molar-refractivity contribution in [1.29, 1.82) is 0 Å². The Morgan fingerprint density at radius 2 is 1.89 bits per heavy atom. The second-order valence-corrected chi connectivity index (χ2v) is 7.92. The highest BCUT2D eigenvalue weighted by atomic mass is 19.1. The van der Waals surface area contributed by atoms with Crippen LogP contribution >= 0.6 is 0 Å². The standard InChI is InChI=1S/C23H30FNO2/c1-3-22(2)17-23(13-15-27-22,19-8-10-20(24)11-9-19)12-14-25-16-18-6-4-5-7-21(18)26/h4-11,25-26H,3,12-17H2,1-2H3/t22-,23+/m0/s1. The molecule has 0 unspecified atom stereocenters. The van der Waals surface area contributed by atoms with Gasteiger partial charge in [-0.25, -0.2) is 4.39 Å². The van der Waals surface area contributed by atoms with Crippen LogP contribution in [0.5, 0.6) is 5.75 Å². The third kappa shape index (κ3) is 4.69. The molecule has 0 aliphatic carbocycles. The van der Waals surface area contributed by atoms with E-state index in [1.807, 2.05) is 30.3 Å². The van der Waals surface area contributed by atoms with Crippen LogP contribution in [0.1, 0.15) is 50.7 Å². The number of benzene rings is 2. The average molecular weight is 371 g/mol. The normalized spacial score (nSPS) is 25.4. The Hall–Kier alpha value is -1.91. The van der Waals surface area contributed by atoms with Gasteiger partial charge in [0.25, 0.3) is 0 Å². The number of phenolic OH excluding ortho intramolecular Hbond substituents is 1. The number of aromatic hydroxyl groups is 1. The van der Waals surface area contributed by atoms with Crippen molar-refractivity contribution in [2.24, 2.45) is 0 Å². The molecule has 0 bridgehead atoms. The fourth-order valence-electron chi connectivity index (χ4n) is 4.19. The van der Waals surface area contributed by atoms with Gasteiger partial charge in [0.15, 0.2) is 0 Å². The molecule has 27 heavy (non-hydrogen) atoms. The SMILES string of the molecule is CC[C@@]1(C)C[C@](CCNCc2ccccc2O)(c2ccc(F)cc2)CCO1. The molecule has 1 fully saturated rings. The molecule has 0 amide bonds. The number of hydrogen-bond acceptors (Lipinski definition) is 3. The van der Waals surface area contributed by atoms with Crippen molar-refractivity contribution < 1.29 is 14.2 Å². The summed E-state index contributed by atoms with van der Waals surface area (Å²) in [5.74, 6) is 0.125. The first-order valence-electron chi connectivity index (χ1n) is 9.84. The van der Waals surface area contributed by atoms with Crippen LogP contribution in [0.2, 0.25) is 0 Å². The van der Waals surface area contributed by atoms with E-state index in [1.165, 1.54) is 5.56 Å². The number of ether oxygens (including phenoxy) is 1. The van der Waals surface area contributed by atoms with E-state index in [0.717, 1.165) is 44.4 Å². The Morgan fingerprint density at radius 3 is 2.59 bits per heavy atom. The molecule has 3 nitrogen and oxygen atoms in total. The molecule has 2 atom stereocenters. The summed E-state index contributed by atoms with van der Waals surface area (Å²) in [6.45, 7) is 6.53. The highest BCUT2D eigenvalue weighted by molar-refractivity contribution is 5.31. The maximum Gasteiger partial charge on any atom is 0.123 e. The third-order valence-electron chi connectivity index (χ3n) is 6.04. The Labute approximate surface area is 161 Å². The van der Waals surface area contributed by atoms with Crippen LogP contribution < -0.4 is 5.32 Å². The molecule has 0 radical (unpaired) electrons. The zero-order valence-electron chi connectivity index (χ0n) is 16.3. The number of phenols is 1. The lowest BCUT2D eigenvalue weighted by Gasteiger charge is -2.47. The molecular weight excluding hydrogens is 341 g/mol. The fraction of sp³-hybridized carbons (Fsp3) is 0.478. The molecule has 0 aromatic heterocycles.